The van der Waals surface area contributed by atoms with Crippen molar-refractivity contribution >= 4 is 34.6 Å². The molecule has 1 aromatic heterocycles. The number of rotatable bonds is 5. The molecule has 0 aliphatic carbocycles. The van der Waals surface area contributed by atoms with Crippen molar-refractivity contribution in [2.75, 3.05) is 11.9 Å². The molecule has 0 fully saturated rings. The lowest BCUT2D eigenvalue weighted by Crippen LogP contribution is -2.29. The van der Waals surface area contributed by atoms with Gasteiger partial charge in [-0.3, -0.25) is 4.68 Å². The molecule has 106 valence electrons. The average molecular weight is 309 g/mol. The maximum atomic E-state index is 5.80. The van der Waals surface area contributed by atoms with Crippen LogP contribution in [0.2, 0.25) is 5.02 Å². The predicted octanol–water partition coefficient (Wildman–Crippen LogP) is 3.22. The van der Waals surface area contributed by atoms with E-state index in [1.807, 2.05) is 23.0 Å². The Bertz CT molecular complexity index is 582. The number of hydrogen-bond donors (Lipinski definition) is 2. The monoisotopic (exact) mass is 308 g/mol. The quantitative estimate of drug-likeness (QED) is 0.657. The molecule has 0 unspecified atom stereocenters. The summed E-state index contributed by atoms with van der Waals surface area (Å²) in [5.41, 5.74) is 2.20. The van der Waals surface area contributed by atoms with Crippen LogP contribution in [-0.2, 0) is 6.54 Å². The van der Waals surface area contributed by atoms with Crippen LogP contribution < -0.4 is 10.6 Å². The van der Waals surface area contributed by atoms with Crippen molar-refractivity contribution in [2.24, 2.45) is 0 Å². The highest BCUT2D eigenvalue weighted by atomic mass is 35.5. The van der Waals surface area contributed by atoms with Crippen LogP contribution in [0.5, 0.6) is 0 Å². The molecule has 4 nitrogen and oxygen atoms in total. The van der Waals surface area contributed by atoms with Gasteiger partial charge in [-0.15, -0.1) is 0 Å². The van der Waals surface area contributed by atoms with E-state index in [0.717, 1.165) is 25.2 Å². The summed E-state index contributed by atoms with van der Waals surface area (Å²) in [7, 11) is 0. The van der Waals surface area contributed by atoms with E-state index < -0.39 is 0 Å². The first-order valence-electron chi connectivity index (χ1n) is 6.43. The van der Waals surface area contributed by atoms with Gasteiger partial charge in [-0.05, 0) is 43.3 Å². The molecule has 6 heteroatoms. The Labute approximate surface area is 129 Å². The molecule has 0 aliphatic heterocycles. The fourth-order valence-electron chi connectivity index (χ4n) is 1.80. The smallest absolute Gasteiger partial charge is 0.170 e. The average Bonchev–Trinajstić information content (AvgIpc) is 2.80. The molecule has 1 heterocycles. The molecular weight excluding hydrogens is 292 g/mol. The van der Waals surface area contributed by atoms with Crippen molar-refractivity contribution in [3.63, 3.8) is 0 Å². The van der Waals surface area contributed by atoms with E-state index in [4.69, 9.17) is 23.8 Å². The lowest BCUT2D eigenvalue weighted by molar-refractivity contribution is 0.574. The fraction of sp³-hybridized carbons (Fsp3) is 0.286. The third-order valence-electron chi connectivity index (χ3n) is 2.73. The number of aryl methyl sites for hydroxylation is 2. The zero-order chi connectivity index (χ0) is 14.4. The van der Waals surface area contributed by atoms with E-state index in [2.05, 4.69) is 34.8 Å². The number of thiocarbonyl (C=S) groups is 1. The van der Waals surface area contributed by atoms with Crippen LogP contribution in [0.25, 0.3) is 0 Å². The minimum atomic E-state index is 0.633. The minimum Gasteiger partial charge on any atom is -0.362 e. The zero-order valence-corrected chi connectivity index (χ0v) is 12.8. The van der Waals surface area contributed by atoms with Gasteiger partial charge in [0.1, 0.15) is 0 Å². The second-order valence-electron chi connectivity index (χ2n) is 4.53. The molecule has 0 aliphatic rings. The number of anilines is 1. The Kier molecular flexibility index (Phi) is 5.38. The molecule has 0 saturated heterocycles. The van der Waals surface area contributed by atoms with E-state index >= 15 is 0 Å². The molecule has 0 bridgehead atoms. The summed E-state index contributed by atoms with van der Waals surface area (Å²) >= 11 is 11.0. The van der Waals surface area contributed by atoms with Gasteiger partial charge < -0.3 is 10.6 Å². The molecule has 2 aromatic rings. The highest BCUT2D eigenvalue weighted by Crippen LogP contribution is 2.09. The number of nitrogens with one attached hydrogen (secondary N) is 2. The first-order chi connectivity index (χ1) is 9.63. The molecule has 0 amide bonds. The van der Waals surface area contributed by atoms with Crippen molar-refractivity contribution in [2.45, 2.75) is 19.9 Å². The number of aromatic nitrogens is 2. The van der Waals surface area contributed by atoms with Crippen molar-refractivity contribution in [1.29, 1.82) is 0 Å². The van der Waals surface area contributed by atoms with Crippen LogP contribution in [0.3, 0.4) is 0 Å². The van der Waals surface area contributed by atoms with Gasteiger partial charge in [0, 0.05) is 25.0 Å². The number of halogens is 1. The van der Waals surface area contributed by atoms with Gasteiger partial charge >= 0.3 is 0 Å². The lowest BCUT2D eigenvalue weighted by Gasteiger charge is -2.10. The molecule has 20 heavy (non-hydrogen) atoms. The normalized spacial score (nSPS) is 10.3. The van der Waals surface area contributed by atoms with Crippen molar-refractivity contribution in [1.82, 2.24) is 15.1 Å². The maximum Gasteiger partial charge on any atom is 0.170 e. The van der Waals surface area contributed by atoms with Crippen molar-refractivity contribution in [3.8, 4) is 0 Å². The van der Waals surface area contributed by atoms with Gasteiger partial charge in [0.15, 0.2) is 5.11 Å². The van der Waals surface area contributed by atoms with Gasteiger partial charge in [-0.25, -0.2) is 0 Å². The lowest BCUT2D eigenvalue weighted by atomic mass is 10.2. The number of hydrogen-bond acceptors (Lipinski definition) is 2. The van der Waals surface area contributed by atoms with E-state index in [-0.39, 0.29) is 0 Å². The molecule has 2 N–H and O–H groups in total. The van der Waals surface area contributed by atoms with Crippen LogP contribution >= 0.6 is 23.8 Å². The molecule has 0 spiro atoms. The Morgan fingerprint density at radius 1 is 1.45 bits per heavy atom. The summed E-state index contributed by atoms with van der Waals surface area (Å²) in [6.07, 6.45) is 4.37. The van der Waals surface area contributed by atoms with Crippen LogP contribution in [-0.4, -0.2) is 21.4 Å². The summed E-state index contributed by atoms with van der Waals surface area (Å²) in [5, 5.41) is 11.7. The Balaban J connectivity index is 1.67. The Morgan fingerprint density at radius 3 is 3.00 bits per heavy atom. The number of nitrogens with zero attached hydrogens (tertiary/aromatic N) is 2. The van der Waals surface area contributed by atoms with Gasteiger partial charge in [-0.1, -0.05) is 23.7 Å². The van der Waals surface area contributed by atoms with E-state index in [1.165, 1.54) is 5.56 Å². The largest absolute Gasteiger partial charge is 0.362 e. The SMILES string of the molecule is Cc1cccc(NC(=S)NCCCn2cc(Cl)cn2)c1. The van der Waals surface area contributed by atoms with E-state index in [9.17, 15) is 0 Å². The summed E-state index contributed by atoms with van der Waals surface area (Å²) in [5.74, 6) is 0. The molecule has 0 saturated carbocycles. The number of benzene rings is 1. The van der Waals surface area contributed by atoms with Crippen LogP contribution in [0.1, 0.15) is 12.0 Å². The highest BCUT2D eigenvalue weighted by molar-refractivity contribution is 7.80. The molecule has 2 rings (SSSR count). The summed E-state index contributed by atoms with van der Waals surface area (Å²) in [4.78, 5) is 0. The fourth-order valence-corrected chi connectivity index (χ4v) is 2.18. The summed E-state index contributed by atoms with van der Waals surface area (Å²) in [6, 6.07) is 8.10. The summed E-state index contributed by atoms with van der Waals surface area (Å²) in [6.45, 7) is 3.65. The maximum absolute atomic E-state index is 5.80. The van der Waals surface area contributed by atoms with E-state index in [0.29, 0.717) is 10.1 Å². The topological polar surface area (TPSA) is 41.9 Å². The van der Waals surface area contributed by atoms with Gasteiger partial charge in [0.05, 0.1) is 11.2 Å². The van der Waals surface area contributed by atoms with E-state index in [1.54, 1.807) is 6.20 Å². The summed E-state index contributed by atoms with van der Waals surface area (Å²) < 4.78 is 1.82. The highest BCUT2D eigenvalue weighted by Gasteiger charge is 1.98. The van der Waals surface area contributed by atoms with Crippen LogP contribution in [0.4, 0.5) is 5.69 Å². The molecular formula is C14H17ClN4S. The first-order valence-corrected chi connectivity index (χ1v) is 7.21. The predicted molar refractivity (Wildman–Crippen MR) is 87.3 cm³/mol. The van der Waals surface area contributed by atoms with Gasteiger partial charge in [-0.2, -0.15) is 5.10 Å². The Hall–Kier alpha value is -1.59. The second-order valence-corrected chi connectivity index (χ2v) is 5.37. The molecule has 0 atom stereocenters. The van der Waals surface area contributed by atoms with Crippen molar-refractivity contribution < 1.29 is 0 Å². The van der Waals surface area contributed by atoms with Crippen LogP contribution in [0, 0.1) is 6.92 Å². The molecule has 0 radical (unpaired) electrons. The second kappa shape index (κ2) is 7.26. The van der Waals surface area contributed by atoms with Gasteiger partial charge in [0.25, 0.3) is 0 Å². The minimum absolute atomic E-state index is 0.633. The standard InChI is InChI=1S/C14H17ClN4S/c1-11-4-2-5-13(8-11)18-14(20)16-6-3-7-19-10-12(15)9-17-19/h2,4-5,8-10H,3,6-7H2,1H3,(H2,16,18,20). The van der Waals surface area contributed by atoms with Crippen molar-refractivity contribution in [3.05, 3.63) is 47.2 Å². The van der Waals surface area contributed by atoms with Crippen LogP contribution in [0.15, 0.2) is 36.7 Å². The zero-order valence-electron chi connectivity index (χ0n) is 11.3. The first kappa shape index (κ1) is 14.8. The third-order valence-corrected chi connectivity index (χ3v) is 3.17. The third kappa shape index (κ3) is 4.83. The van der Waals surface area contributed by atoms with Gasteiger partial charge in [0.2, 0.25) is 0 Å². The molecule has 1 aromatic carbocycles. The Morgan fingerprint density at radius 2 is 2.30 bits per heavy atom.